The zero-order valence-corrected chi connectivity index (χ0v) is 11.6. The molecule has 0 bridgehead atoms. The van der Waals surface area contributed by atoms with Crippen LogP contribution in [0.25, 0.3) is 32.7 Å². The van der Waals surface area contributed by atoms with E-state index in [-0.39, 0.29) is 0 Å². The summed E-state index contributed by atoms with van der Waals surface area (Å²) in [6.07, 6.45) is 0. The number of benzene rings is 4. The number of fused-ring (bicyclic) bond motifs is 2. The summed E-state index contributed by atoms with van der Waals surface area (Å²) in [5.74, 6) is 0. The molecule has 0 aliphatic heterocycles. The Hall–Kier alpha value is -2.80. The van der Waals surface area contributed by atoms with Crippen molar-refractivity contribution < 1.29 is 0 Å². The van der Waals surface area contributed by atoms with Crippen molar-refractivity contribution in [3.63, 3.8) is 0 Å². The van der Waals surface area contributed by atoms with E-state index in [1.54, 1.807) is 0 Å². The lowest BCUT2D eigenvalue weighted by atomic mass is 9.92. The summed E-state index contributed by atoms with van der Waals surface area (Å²) in [5, 5.41) is 5.09. The molecule has 0 unspecified atom stereocenters. The van der Waals surface area contributed by atoms with Crippen molar-refractivity contribution in [3.05, 3.63) is 78.9 Å². The Bertz CT molecular complexity index is 883. The third kappa shape index (κ3) is 1.95. The topological polar surface area (TPSA) is 26.0 Å². The molecule has 0 fully saturated rings. The van der Waals surface area contributed by atoms with Gasteiger partial charge in [-0.05, 0) is 50.9 Å². The Morgan fingerprint density at radius 1 is 0.571 bits per heavy atom. The van der Waals surface area contributed by atoms with E-state index in [4.69, 9.17) is 5.73 Å². The second kappa shape index (κ2) is 4.64. The van der Waals surface area contributed by atoms with E-state index >= 15 is 0 Å². The Morgan fingerprint density at radius 2 is 1.10 bits per heavy atom. The van der Waals surface area contributed by atoms with Crippen LogP contribution in [0.3, 0.4) is 0 Å². The number of anilines is 1. The molecule has 0 aliphatic carbocycles. The molecule has 0 aliphatic rings. The Balaban J connectivity index is 2.18. The standard InChI is InChI=1S/C20H15N/c21-17-11-9-14(10-12-17)20-18-7-3-1-5-15(18)13-16-6-2-4-8-19(16)20/h1-13H,21H2. The fourth-order valence-corrected chi connectivity index (χ4v) is 2.97. The highest BCUT2D eigenvalue weighted by Crippen LogP contribution is 2.36. The predicted octanol–water partition coefficient (Wildman–Crippen LogP) is 5.24. The number of nitrogens with two attached hydrogens (primary N) is 1. The summed E-state index contributed by atoms with van der Waals surface area (Å²) in [5.41, 5.74) is 9.11. The van der Waals surface area contributed by atoms with E-state index in [1.165, 1.54) is 32.7 Å². The van der Waals surface area contributed by atoms with Crippen LogP contribution >= 0.6 is 0 Å². The Labute approximate surface area is 123 Å². The SMILES string of the molecule is Nc1ccc(-c2c3ccccc3cc3ccccc23)cc1. The van der Waals surface area contributed by atoms with E-state index in [0.717, 1.165) is 5.69 Å². The fourth-order valence-electron chi connectivity index (χ4n) is 2.97. The minimum atomic E-state index is 0.795. The van der Waals surface area contributed by atoms with Gasteiger partial charge in [0.05, 0.1) is 0 Å². The smallest absolute Gasteiger partial charge is 0.0314 e. The molecule has 21 heavy (non-hydrogen) atoms. The average molecular weight is 269 g/mol. The first-order valence-electron chi connectivity index (χ1n) is 7.09. The molecule has 0 saturated carbocycles. The molecule has 0 heterocycles. The molecule has 0 atom stereocenters. The quantitative estimate of drug-likeness (QED) is 0.371. The van der Waals surface area contributed by atoms with E-state index in [2.05, 4.69) is 66.7 Å². The minimum absolute atomic E-state index is 0.795. The van der Waals surface area contributed by atoms with Crippen molar-refractivity contribution in [2.75, 3.05) is 5.73 Å². The molecule has 4 aromatic carbocycles. The van der Waals surface area contributed by atoms with Crippen LogP contribution in [-0.4, -0.2) is 0 Å². The van der Waals surface area contributed by atoms with Gasteiger partial charge in [-0.3, -0.25) is 0 Å². The van der Waals surface area contributed by atoms with Crippen LogP contribution in [0.4, 0.5) is 5.69 Å². The van der Waals surface area contributed by atoms with Crippen molar-refractivity contribution in [1.82, 2.24) is 0 Å². The van der Waals surface area contributed by atoms with E-state index in [0.29, 0.717) is 0 Å². The van der Waals surface area contributed by atoms with Gasteiger partial charge in [0.15, 0.2) is 0 Å². The molecule has 0 aromatic heterocycles. The van der Waals surface area contributed by atoms with Gasteiger partial charge >= 0.3 is 0 Å². The van der Waals surface area contributed by atoms with Crippen LogP contribution in [0, 0.1) is 0 Å². The Morgan fingerprint density at radius 3 is 1.67 bits per heavy atom. The zero-order chi connectivity index (χ0) is 14.2. The highest BCUT2D eigenvalue weighted by molar-refractivity contribution is 6.12. The lowest BCUT2D eigenvalue weighted by molar-refractivity contribution is 1.66. The third-order valence-electron chi connectivity index (χ3n) is 3.97. The van der Waals surface area contributed by atoms with E-state index in [1.807, 2.05) is 12.1 Å². The minimum Gasteiger partial charge on any atom is -0.399 e. The van der Waals surface area contributed by atoms with Crippen molar-refractivity contribution >= 4 is 27.2 Å². The van der Waals surface area contributed by atoms with Crippen LogP contribution < -0.4 is 5.73 Å². The summed E-state index contributed by atoms with van der Waals surface area (Å²) in [6.45, 7) is 0. The second-order valence-electron chi connectivity index (χ2n) is 5.32. The van der Waals surface area contributed by atoms with Crippen LogP contribution in [0.5, 0.6) is 0 Å². The largest absolute Gasteiger partial charge is 0.399 e. The maximum Gasteiger partial charge on any atom is 0.0314 e. The lowest BCUT2D eigenvalue weighted by Crippen LogP contribution is -1.87. The van der Waals surface area contributed by atoms with Crippen molar-refractivity contribution in [3.8, 4) is 11.1 Å². The molecular weight excluding hydrogens is 254 g/mol. The number of hydrogen-bond donors (Lipinski definition) is 1. The molecule has 0 radical (unpaired) electrons. The fraction of sp³-hybridized carbons (Fsp3) is 0. The molecule has 4 rings (SSSR count). The van der Waals surface area contributed by atoms with E-state index in [9.17, 15) is 0 Å². The van der Waals surface area contributed by atoms with Crippen molar-refractivity contribution in [1.29, 1.82) is 0 Å². The molecule has 1 heteroatoms. The summed E-state index contributed by atoms with van der Waals surface area (Å²) in [6, 6.07) is 27.5. The highest BCUT2D eigenvalue weighted by Gasteiger charge is 2.09. The molecular formula is C20H15N. The van der Waals surface area contributed by atoms with Crippen LogP contribution in [-0.2, 0) is 0 Å². The predicted molar refractivity (Wildman–Crippen MR) is 91.3 cm³/mol. The molecule has 1 nitrogen and oxygen atoms in total. The monoisotopic (exact) mass is 269 g/mol. The van der Waals surface area contributed by atoms with Gasteiger partial charge in [-0.2, -0.15) is 0 Å². The van der Waals surface area contributed by atoms with Gasteiger partial charge in [-0.25, -0.2) is 0 Å². The molecule has 0 saturated heterocycles. The molecule has 0 amide bonds. The lowest BCUT2D eigenvalue weighted by Gasteiger charge is -2.12. The average Bonchev–Trinajstić information content (AvgIpc) is 2.53. The second-order valence-corrected chi connectivity index (χ2v) is 5.32. The first-order valence-corrected chi connectivity index (χ1v) is 7.09. The normalized spacial score (nSPS) is 11.0. The first kappa shape index (κ1) is 12.0. The number of hydrogen-bond acceptors (Lipinski definition) is 1. The molecule has 100 valence electrons. The zero-order valence-electron chi connectivity index (χ0n) is 11.6. The van der Waals surface area contributed by atoms with Crippen LogP contribution in [0.2, 0.25) is 0 Å². The van der Waals surface area contributed by atoms with Gasteiger partial charge in [0.2, 0.25) is 0 Å². The van der Waals surface area contributed by atoms with Crippen LogP contribution in [0.1, 0.15) is 0 Å². The molecule has 4 aromatic rings. The van der Waals surface area contributed by atoms with Gasteiger partial charge in [0, 0.05) is 5.69 Å². The third-order valence-corrected chi connectivity index (χ3v) is 3.97. The molecule has 0 spiro atoms. The Kier molecular flexibility index (Phi) is 2.65. The van der Waals surface area contributed by atoms with E-state index < -0.39 is 0 Å². The van der Waals surface area contributed by atoms with Gasteiger partial charge in [-0.15, -0.1) is 0 Å². The number of nitrogen functional groups attached to an aromatic ring is 1. The highest BCUT2D eigenvalue weighted by atomic mass is 14.5. The van der Waals surface area contributed by atoms with Crippen molar-refractivity contribution in [2.24, 2.45) is 0 Å². The van der Waals surface area contributed by atoms with Gasteiger partial charge in [-0.1, -0.05) is 60.7 Å². The maximum atomic E-state index is 5.83. The van der Waals surface area contributed by atoms with Crippen molar-refractivity contribution in [2.45, 2.75) is 0 Å². The van der Waals surface area contributed by atoms with Gasteiger partial charge < -0.3 is 5.73 Å². The van der Waals surface area contributed by atoms with Gasteiger partial charge in [0.1, 0.15) is 0 Å². The number of rotatable bonds is 1. The van der Waals surface area contributed by atoms with Gasteiger partial charge in [0.25, 0.3) is 0 Å². The molecule has 2 N–H and O–H groups in total. The maximum absolute atomic E-state index is 5.83. The first-order chi connectivity index (χ1) is 10.3. The summed E-state index contributed by atoms with van der Waals surface area (Å²) in [4.78, 5) is 0. The van der Waals surface area contributed by atoms with Crippen LogP contribution in [0.15, 0.2) is 78.9 Å². The summed E-state index contributed by atoms with van der Waals surface area (Å²) < 4.78 is 0. The summed E-state index contributed by atoms with van der Waals surface area (Å²) in [7, 11) is 0. The summed E-state index contributed by atoms with van der Waals surface area (Å²) >= 11 is 0.